The maximum atomic E-state index is 12.5. The number of hydrogen-bond acceptors (Lipinski definition) is 5. The van der Waals surface area contributed by atoms with Crippen LogP contribution in [0.5, 0.6) is 0 Å². The molecule has 0 spiro atoms. The van der Waals surface area contributed by atoms with E-state index in [-0.39, 0.29) is 22.0 Å². The Morgan fingerprint density at radius 3 is 2.48 bits per heavy atom. The highest BCUT2D eigenvalue weighted by molar-refractivity contribution is 6.35. The van der Waals surface area contributed by atoms with E-state index in [4.69, 9.17) is 11.6 Å². The molecule has 0 fully saturated rings. The number of ketones is 1. The molecule has 0 saturated heterocycles. The van der Waals surface area contributed by atoms with E-state index in [1.807, 2.05) is 0 Å². The molecule has 0 N–H and O–H groups in total. The molecule has 0 aliphatic rings. The van der Waals surface area contributed by atoms with Gasteiger partial charge in [-0.3, -0.25) is 14.9 Å². The largest absolute Gasteiger partial charge is 0.363 e. The van der Waals surface area contributed by atoms with E-state index in [1.54, 1.807) is 37.2 Å². The van der Waals surface area contributed by atoms with Crippen LogP contribution in [0.2, 0.25) is 5.02 Å². The second-order valence-electron chi connectivity index (χ2n) is 4.50. The van der Waals surface area contributed by atoms with E-state index in [0.29, 0.717) is 5.82 Å². The second-order valence-corrected chi connectivity index (χ2v) is 4.90. The molecule has 0 bridgehead atoms. The molecular formula is C14H12ClN3O3. The van der Waals surface area contributed by atoms with Gasteiger partial charge in [0.1, 0.15) is 5.82 Å². The van der Waals surface area contributed by atoms with Crippen molar-refractivity contribution in [3.8, 4) is 0 Å². The van der Waals surface area contributed by atoms with Gasteiger partial charge in [0.25, 0.3) is 5.69 Å². The predicted octanol–water partition coefficient (Wildman–Crippen LogP) is 2.94. The molecule has 0 saturated carbocycles. The maximum Gasteiger partial charge on any atom is 0.299 e. The van der Waals surface area contributed by atoms with Gasteiger partial charge in [0.2, 0.25) is 5.78 Å². The lowest BCUT2D eigenvalue weighted by atomic mass is 10.1. The first kappa shape index (κ1) is 14.9. The molecule has 0 amide bonds. The summed E-state index contributed by atoms with van der Waals surface area (Å²) in [7, 11) is 3.47. The zero-order chi connectivity index (χ0) is 15.6. The van der Waals surface area contributed by atoms with Crippen molar-refractivity contribution < 1.29 is 9.72 Å². The van der Waals surface area contributed by atoms with Gasteiger partial charge < -0.3 is 4.90 Å². The summed E-state index contributed by atoms with van der Waals surface area (Å²) in [5.74, 6) is -0.119. The van der Waals surface area contributed by atoms with Crippen LogP contribution < -0.4 is 4.90 Å². The van der Waals surface area contributed by atoms with Crippen molar-refractivity contribution >= 4 is 28.9 Å². The summed E-state index contributed by atoms with van der Waals surface area (Å²) in [5, 5.41) is 11.3. The van der Waals surface area contributed by atoms with Gasteiger partial charge >= 0.3 is 0 Å². The minimum atomic E-state index is -0.628. The number of nitrogens with zero attached hydrogens (tertiary/aromatic N) is 3. The first-order valence-corrected chi connectivity index (χ1v) is 6.41. The number of benzene rings is 1. The highest BCUT2D eigenvalue weighted by Gasteiger charge is 2.25. The summed E-state index contributed by atoms with van der Waals surface area (Å²) >= 11 is 5.97. The number of pyridine rings is 1. The predicted molar refractivity (Wildman–Crippen MR) is 80.1 cm³/mol. The third kappa shape index (κ3) is 3.00. The van der Waals surface area contributed by atoms with Crippen molar-refractivity contribution in [3.05, 3.63) is 62.8 Å². The van der Waals surface area contributed by atoms with Gasteiger partial charge in [0.05, 0.1) is 9.95 Å². The number of nitro groups is 1. The van der Waals surface area contributed by atoms with Gasteiger partial charge in [-0.2, -0.15) is 0 Å². The molecule has 0 aliphatic carbocycles. The Hall–Kier alpha value is -2.47. The lowest BCUT2D eigenvalue weighted by molar-refractivity contribution is -0.385. The molecule has 2 aromatic rings. The Balaban J connectivity index is 2.60. The number of anilines is 1. The van der Waals surface area contributed by atoms with Crippen LogP contribution in [0.25, 0.3) is 0 Å². The second kappa shape index (κ2) is 5.88. The maximum absolute atomic E-state index is 12.5. The van der Waals surface area contributed by atoms with Crippen LogP contribution >= 0.6 is 11.6 Å². The van der Waals surface area contributed by atoms with Gasteiger partial charge in [-0.1, -0.05) is 23.7 Å². The summed E-state index contributed by atoms with van der Waals surface area (Å²) in [6.45, 7) is 0. The van der Waals surface area contributed by atoms with Crippen LogP contribution in [-0.2, 0) is 0 Å². The van der Waals surface area contributed by atoms with Gasteiger partial charge in [0, 0.05) is 25.7 Å². The van der Waals surface area contributed by atoms with Gasteiger partial charge in [-0.25, -0.2) is 4.98 Å². The average molecular weight is 306 g/mol. The summed E-state index contributed by atoms with van der Waals surface area (Å²) in [4.78, 5) is 28.7. The summed E-state index contributed by atoms with van der Waals surface area (Å²) in [5.41, 5.74) is -0.379. The molecule has 0 aliphatic heterocycles. The normalized spacial score (nSPS) is 10.2. The van der Waals surface area contributed by atoms with E-state index in [0.717, 1.165) is 0 Å². The topological polar surface area (TPSA) is 76.3 Å². The van der Waals surface area contributed by atoms with Gasteiger partial charge in [-0.05, 0) is 18.2 Å². The smallest absolute Gasteiger partial charge is 0.299 e. The van der Waals surface area contributed by atoms with E-state index in [9.17, 15) is 14.9 Å². The summed E-state index contributed by atoms with van der Waals surface area (Å²) in [6, 6.07) is 9.14. The fourth-order valence-electron chi connectivity index (χ4n) is 1.78. The summed E-state index contributed by atoms with van der Waals surface area (Å²) in [6.07, 6.45) is 0. The molecule has 108 valence electrons. The third-order valence-electron chi connectivity index (χ3n) is 2.85. The molecule has 0 radical (unpaired) electrons. The minimum absolute atomic E-state index is 0.186. The van der Waals surface area contributed by atoms with Crippen molar-refractivity contribution in [3.63, 3.8) is 0 Å². The Kier molecular flexibility index (Phi) is 4.18. The van der Waals surface area contributed by atoms with Crippen molar-refractivity contribution in [2.24, 2.45) is 0 Å². The zero-order valence-corrected chi connectivity index (χ0v) is 12.2. The fraction of sp³-hybridized carbons (Fsp3) is 0.143. The molecular weight excluding hydrogens is 294 g/mol. The Morgan fingerprint density at radius 1 is 1.24 bits per heavy atom. The number of carbonyl (C=O) groups excluding carboxylic acids is 1. The standard InChI is InChI=1S/C14H12ClN3O3/c1-17(2)12-8-7-11(18(20)21)13(16-12)14(19)9-5-3-4-6-10(9)15/h3-8H,1-2H3. The van der Waals surface area contributed by atoms with Crippen molar-refractivity contribution in [1.29, 1.82) is 0 Å². The van der Waals surface area contributed by atoms with Crippen LogP contribution in [-0.4, -0.2) is 29.8 Å². The van der Waals surface area contributed by atoms with Crippen LogP contribution in [0.1, 0.15) is 16.1 Å². The first-order valence-electron chi connectivity index (χ1n) is 6.04. The van der Waals surface area contributed by atoms with Crippen molar-refractivity contribution in [2.75, 3.05) is 19.0 Å². The van der Waals surface area contributed by atoms with Gasteiger partial charge in [0.15, 0.2) is 5.69 Å². The Labute approximate surface area is 126 Å². The monoisotopic (exact) mass is 305 g/mol. The zero-order valence-electron chi connectivity index (χ0n) is 11.4. The van der Waals surface area contributed by atoms with Crippen LogP contribution in [0.4, 0.5) is 11.5 Å². The molecule has 1 aromatic carbocycles. The quantitative estimate of drug-likeness (QED) is 0.493. The number of hydrogen-bond donors (Lipinski definition) is 0. The van der Waals surface area contributed by atoms with Crippen LogP contribution in [0.15, 0.2) is 36.4 Å². The number of halogens is 1. The number of aromatic nitrogens is 1. The molecule has 21 heavy (non-hydrogen) atoms. The SMILES string of the molecule is CN(C)c1ccc([N+](=O)[O-])c(C(=O)c2ccccc2Cl)n1. The van der Waals surface area contributed by atoms with Crippen molar-refractivity contribution in [1.82, 2.24) is 4.98 Å². The molecule has 7 heteroatoms. The van der Waals surface area contributed by atoms with Crippen molar-refractivity contribution in [2.45, 2.75) is 0 Å². The summed E-state index contributed by atoms with van der Waals surface area (Å²) < 4.78 is 0. The van der Waals surface area contributed by atoms with E-state index < -0.39 is 10.7 Å². The minimum Gasteiger partial charge on any atom is -0.363 e. The lowest BCUT2D eigenvalue weighted by Gasteiger charge is -2.12. The molecule has 0 unspecified atom stereocenters. The third-order valence-corrected chi connectivity index (χ3v) is 3.18. The Morgan fingerprint density at radius 2 is 1.90 bits per heavy atom. The number of rotatable bonds is 4. The highest BCUT2D eigenvalue weighted by atomic mass is 35.5. The van der Waals surface area contributed by atoms with Crippen LogP contribution in [0.3, 0.4) is 0 Å². The molecule has 1 heterocycles. The molecule has 2 rings (SSSR count). The highest BCUT2D eigenvalue weighted by Crippen LogP contribution is 2.25. The van der Waals surface area contributed by atoms with Gasteiger partial charge in [-0.15, -0.1) is 0 Å². The molecule has 1 aromatic heterocycles. The molecule has 6 nitrogen and oxygen atoms in total. The first-order chi connectivity index (χ1) is 9.91. The fourth-order valence-corrected chi connectivity index (χ4v) is 2.00. The van der Waals surface area contributed by atoms with E-state index in [1.165, 1.54) is 18.2 Å². The average Bonchev–Trinajstić information content (AvgIpc) is 2.46. The van der Waals surface area contributed by atoms with E-state index >= 15 is 0 Å². The molecule has 0 atom stereocenters. The van der Waals surface area contributed by atoms with Crippen LogP contribution in [0, 0.1) is 10.1 Å². The Bertz CT molecular complexity index is 716. The lowest BCUT2D eigenvalue weighted by Crippen LogP contribution is -2.15. The van der Waals surface area contributed by atoms with E-state index in [2.05, 4.69) is 4.98 Å². The number of carbonyl (C=O) groups is 1.